The standard InChI is InChI=1S/C11H13ClN4O/c1-7(12)10-15-16-11(17-10)14-8(2)9-5-3-4-6-13-9/h3-8H,1-2H3,(H,14,16). The Hall–Kier alpha value is -1.62. The van der Waals surface area contributed by atoms with Crippen molar-refractivity contribution in [1.82, 2.24) is 15.2 Å². The molecule has 2 atom stereocenters. The zero-order valence-corrected chi connectivity index (χ0v) is 10.3. The number of anilines is 1. The summed E-state index contributed by atoms with van der Waals surface area (Å²) in [6.07, 6.45) is 1.74. The molecule has 2 unspecified atom stereocenters. The van der Waals surface area contributed by atoms with Crippen molar-refractivity contribution in [3.8, 4) is 0 Å². The molecular weight excluding hydrogens is 240 g/mol. The topological polar surface area (TPSA) is 63.8 Å². The Morgan fingerprint density at radius 3 is 2.71 bits per heavy atom. The Kier molecular flexibility index (Phi) is 3.58. The Balaban J connectivity index is 2.05. The van der Waals surface area contributed by atoms with Crippen LogP contribution < -0.4 is 5.32 Å². The van der Waals surface area contributed by atoms with Gasteiger partial charge in [0.25, 0.3) is 0 Å². The first-order chi connectivity index (χ1) is 8.16. The van der Waals surface area contributed by atoms with Gasteiger partial charge in [0.05, 0.1) is 11.7 Å². The van der Waals surface area contributed by atoms with Crippen molar-refractivity contribution in [2.45, 2.75) is 25.3 Å². The highest BCUT2D eigenvalue weighted by Gasteiger charge is 2.13. The van der Waals surface area contributed by atoms with Crippen LogP contribution in [0.5, 0.6) is 0 Å². The van der Waals surface area contributed by atoms with Crippen LogP contribution in [0.2, 0.25) is 0 Å². The number of alkyl halides is 1. The van der Waals surface area contributed by atoms with E-state index < -0.39 is 0 Å². The molecule has 2 aromatic heterocycles. The van der Waals surface area contributed by atoms with Gasteiger partial charge in [-0.05, 0) is 26.0 Å². The predicted octanol–water partition coefficient (Wildman–Crippen LogP) is 2.94. The highest BCUT2D eigenvalue weighted by atomic mass is 35.5. The van der Waals surface area contributed by atoms with Gasteiger partial charge in [-0.3, -0.25) is 4.98 Å². The van der Waals surface area contributed by atoms with Crippen LogP contribution in [0.25, 0.3) is 0 Å². The van der Waals surface area contributed by atoms with Crippen molar-refractivity contribution in [2.75, 3.05) is 5.32 Å². The van der Waals surface area contributed by atoms with Crippen LogP contribution in [0.1, 0.15) is 36.9 Å². The smallest absolute Gasteiger partial charge is 0.316 e. The Morgan fingerprint density at radius 2 is 2.12 bits per heavy atom. The van der Waals surface area contributed by atoms with Crippen LogP contribution in [0.15, 0.2) is 28.8 Å². The summed E-state index contributed by atoms with van der Waals surface area (Å²) in [5.41, 5.74) is 0.908. The number of pyridine rings is 1. The van der Waals surface area contributed by atoms with Gasteiger partial charge in [0.15, 0.2) is 0 Å². The zero-order chi connectivity index (χ0) is 12.3. The monoisotopic (exact) mass is 252 g/mol. The third-order valence-corrected chi connectivity index (χ3v) is 2.44. The van der Waals surface area contributed by atoms with Crippen molar-refractivity contribution in [2.24, 2.45) is 0 Å². The van der Waals surface area contributed by atoms with E-state index in [0.29, 0.717) is 11.9 Å². The van der Waals surface area contributed by atoms with Crippen molar-refractivity contribution < 1.29 is 4.42 Å². The quantitative estimate of drug-likeness (QED) is 0.848. The molecule has 0 aliphatic rings. The lowest BCUT2D eigenvalue weighted by atomic mass is 10.2. The Morgan fingerprint density at radius 1 is 1.29 bits per heavy atom. The number of rotatable bonds is 4. The summed E-state index contributed by atoms with van der Waals surface area (Å²) in [5, 5.41) is 10.5. The van der Waals surface area contributed by atoms with Crippen molar-refractivity contribution >= 4 is 17.6 Å². The van der Waals surface area contributed by atoms with E-state index in [1.165, 1.54) is 0 Å². The van der Waals surface area contributed by atoms with E-state index in [1.54, 1.807) is 13.1 Å². The largest absolute Gasteiger partial charge is 0.406 e. The third-order valence-electron chi connectivity index (χ3n) is 2.25. The number of aromatic nitrogens is 3. The molecule has 2 heterocycles. The molecule has 0 fully saturated rings. The maximum atomic E-state index is 5.83. The molecular formula is C11H13ClN4O. The fraction of sp³-hybridized carbons (Fsp3) is 0.364. The molecule has 0 aromatic carbocycles. The molecule has 2 rings (SSSR count). The van der Waals surface area contributed by atoms with Crippen LogP contribution in [-0.2, 0) is 0 Å². The first-order valence-electron chi connectivity index (χ1n) is 5.31. The molecule has 5 nitrogen and oxygen atoms in total. The second kappa shape index (κ2) is 5.14. The average Bonchev–Trinajstić information content (AvgIpc) is 2.79. The molecule has 0 spiro atoms. The van der Waals surface area contributed by atoms with Gasteiger partial charge in [-0.25, -0.2) is 0 Å². The van der Waals surface area contributed by atoms with E-state index >= 15 is 0 Å². The van der Waals surface area contributed by atoms with Crippen LogP contribution in [-0.4, -0.2) is 15.2 Å². The first-order valence-corrected chi connectivity index (χ1v) is 5.75. The molecule has 2 aromatic rings. The van der Waals surface area contributed by atoms with Crippen molar-refractivity contribution in [1.29, 1.82) is 0 Å². The number of nitrogens with zero attached hydrogens (tertiary/aromatic N) is 3. The number of halogens is 1. The molecule has 0 bridgehead atoms. The molecule has 0 aliphatic carbocycles. The average molecular weight is 253 g/mol. The first kappa shape index (κ1) is 11.9. The molecule has 0 aliphatic heterocycles. The summed E-state index contributed by atoms with van der Waals surface area (Å²) in [7, 11) is 0. The van der Waals surface area contributed by atoms with E-state index in [2.05, 4.69) is 20.5 Å². The molecule has 17 heavy (non-hydrogen) atoms. The Labute approximate surface area is 104 Å². The highest BCUT2D eigenvalue weighted by Crippen LogP contribution is 2.21. The zero-order valence-electron chi connectivity index (χ0n) is 9.59. The lowest BCUT2D eigenvalue weighted by Gasteiger charge is -2.10. The number of hydrogen-bond donors (Lipinski definition) is 1. The Bertz CT molecular complexity index is 471. The summed E-state index contributed by atoms with van der Waals surface area (Å²) >= 11 is 5.83. The second-order valence-corrected chi connectivity index (χ2v) is 4.34. The van der Waals surface area contributed by atoms with Crippen LogP contribution in [0.4, 0.5) is 6.01 Å². The van der Waals surface area contributed by atoms with Gasteiger partial charge < -0.3 is 9.73 Å². The number of hydrogen-bond acceptors (Lipinski definition) is 5. The third kappa shape index (κ3) is 2.94. The minimum Gasteiger partial charge on any atom is -0.406 e. The van der Waals surface area contributed by atoms with Crippen LogP contribution in [0, 0.1) is 0 Å². The molecule has 90 valence electrons. The van der Waals surface area contributed by atoms with Gasteiger partial charge in [0.1, 0.15) is 5.38 Å². The molecule has 1 N–H and O–H groups in total. The van der Waals surface area contributed by atoms with Gasteiger partial charge in [-0.2, -0.15) is 0 Å². The van der Waals surface area contributed by atoms with E-state index in [0.717, 1.165) is 5.69 Å². The van der Waals surface area contributed by atoms with Gasteiger partial charge >= 0.3 is 6.01 Å². The van der Waals surface area contributed by atoms with Gasteiger partial charge in [-0.15, -0.1) is 16.7 Å². The summed E-state index contributed by atoms with van der Waals surface area (Å²) in [5.74, 6) is 0.405. The summed E-state index contributed by atoms with van der Waals surface area (Å²) in [4.78, 5) is 4.24. The lowest BCUT2D eigenvalue weighted by molar-refractivity contribution is 0.501. The SMILES string of the molecule is CC(Cl)c1nnc(NC(C)c2ccccn2)o1. The van der Waals surface area contributed by atoms with Gasteiger partial charge in [-0.1, -0.05) is 11.2 Å². The van der Waals surface area contributed by atoms with Gasteiger partial charge in [0, 0.05) is 6.20 Å². The molecule has 0 amide bonds. The normalized spacial score (nSPS) is 14.3. The van der Waals surface area contributed by atoms with E-state index in [9.17, 15) is 0 Å². The van der Waals surface area contributed by atoms with Crippen molar-refractivity contribution in [3.05, 3.63) is 36.0 Å². The fourth-order valence-corrected chi connectivity index (χ4v) is 1.43. The predicted molar refractivity (Wildman–Crippen MR) is 64.8 cm³/mol. The maximum absolute atomic E-state index is 5.83. The second-order valence-electron chi connectivity index (χ2n) is 3.68. The van der Waals surface area contributed by atoms with E-state index in [-0.39, 0.29) is 11.4 Å². The summed E-state index contributed by atoms with van der Waals surface area (Å²) in [6.45, 7) is 3.75. The minimum atomic E-state index is -0.289. The number of nitrogens with one attached hydrogen (secondary N) is 1. The highest BCUT2D eigenvalue weighted by molar-refractivity contribution is 6.20. The molecule has 6 heteroatoms. The molecule has 0 saturated heterocycles. The minimum absolute atomic E-state index is 0.00451. The molecule has 0 saturated carbocycles. The summed E-state index contributed by atoms with van der Waals surface area (Å²) in [6, 6.07) is 6.08. The van der Waals surface area contributed by atoms with E-state index in [4.69, 9.17) is 16.0 Å². The lowest BCUT2D eigenvalue weighted by Crippen LogP contribution is -2.08. The van der Waals surface area contributed by atoms with Crippen LogP contribution >= 0.6 is 11.6 Å². The van der Waals surface area contributed by atoms with Crippen LogP contribution in [0.3, 0.4) is 0 Å². The summed E-state index contributed by atoms with van der Waals surface area (Å²) < 4.78 is 5.34. The fourth-order valence-electron chi connectivity index (χ4n) is 1.34. The maximum Gasteiger partial charge on any atom is 0.316 e. The van der Waals surface area contributed by atoms with Gasteiger partial charge in [0.2, 0.25) is 5.89 Å². The van der Waals surface area contributed by atoms with Crippen molar-refractivity contribution in [3.63, 3.8) is 0 Å². The van der Waals surface area contributed by atoms with E-state index in [1.807, 2.05) is 25.1 Å². The molecule has 0 radical (unpaired) electrons.